The van der Waals surface area contributed by atoms with Crippen LogP contribution in [0.15, 0.2) is 72.4 Å². The number of cyclic esters (lactones) is 1. The Morgan fingerprint density at radius 3 is 2.27 bits per heavy atom. The zero-order valence-electron chi connectivity index (χ0n) is 54.3. The number of carbonyl (C=O) groups is 9. The first kappa shape index (κ1) is 74.5. The predicted molar refractivity (Wildman–Crippen MR) is 337 cm³/mol. The Balaban J connectivity index is 1.07. The monoisotopic (exact) mass is 1280 g/mol. The van der Waals surface area contributed by atoms with Gasteiger partial charge < -0.3 is 76.2 Å². The van der Waals surface area contributed by atoms with E-state index >= 15 is 0 Å². The quantitative estimate of drug-likeness (QED) is 0.00996. The number of piperazine rings is 1. The molecule has 0 aromatic heterocycles. The average Bonchev–Trinajstić information content (AvgIpc) is 2.25. The number of amides is 9. The maximum absolute atomic E-state index is 13.8. The maximum Gasteiger partial charge on any atom is 0.410 e. The second-order valence-corrected chi connectivity index (χ2v) is 25.3. The van der Waals surface area contributed by atoms with Gasteiger partial charge in [-0.3, -0.25) is 38.6 Å². The Bertz CT molecular complexity index is 2740. The Kier molecular flexibility index (Phi) is 29.1. The number of urea groups is 1. The second-order valence-electron chi connectivity index (χ2n) is 25.3. The van der Waals surface area contributed by atoms with Crippen molar-refractivity contribution in [1.82, 2.24) is 35.6 Å². The first-order valence-corrected chi connectivity index (χ1v) is 31.8. The minimum Gasteiger partial charge on any atom is -0.457 e. The standard InChI is InChI=1S/C65H99N9O17/c1-10-49(76)44(6)58-50(89-58)39-64(7,86)28-14-16-42(4)57-43(5)19-24-51(65(8,87)29-27-47(75)38-55(80)91-57)90-63(85)73-36-34-72(35-37-73)33-32-71(9)62(84)88-40-45-20-22-46(23-21-45)68-59(81)48(17-15-30-67-61(66)83)69-60(82)56(41(2)3)70-52(77)18-12-11-13-31-74-53(78)25-26-54(74)79/h14,16,19-26,28,41,43-44,47-51,56-58,75-76,86-87H,10-13,15,17-18,27,29-40H2,1-9H3,(H,68,81)(H,69,82)(H,70,77)(H3,66,67,83)/b24-19+,28-14+,42-16+/t43-,44+,47+,48-,49-,50+,51-,56-,57+,58+,64-,65+/m0/s1. The third kappa shape index (κ3) is 24.7. The molecule has 0 radical (unpaired) electrons. The molecule has 10 N–H and O–H groups in total. The molecule has 0 spiro atoms. The smallest absolute Gasteiger partial charge is 0.410 e. The van der Waals surface area contributed by atoms with E-state index in [1.807, 2.05) is 20.8 Å². The summed E-state index contributed by atoms with van der Waals surface area (Å²) in [6.45, 7) is 16.8. The molecule has 12 atom stereocenters. The molecule has 91 heavy (non-hydrogen) atoms. The molecule has 0 saturated carbocycles. The highest BCUT2D eigenvalue weighted by Crippen LogP contribution is 2.38. The number of carbonyl (C=O) groups excluding carboxylic acids is 9. The number of aliphatic hydroxyl groups excluding tert-OH is 2. The van der Waals surface area contributed by atoms with Crippen LogP contribution in [0.5, 0.6) is 0 Å². The molecule has 2 saturated heterocycles. The van der Waals surface area contributed by atoms with Gasteiger partial charge in [0.1, 0.15) is 30.4 Å². The number of unbranched alkanes of at least 4 members (excludes halogenated alkanes) is 2. The number of anilines is 1. The first-order valence-electron chi connectivity index (χ1n) is 31.8. The summed E-state index contributed by atoms with van der Waals surface area (Å²) in [6, 6.07) is 3.77. The molecular formula is C65H99N9O17. The second kappa shape index (κ2) is 35.6. The van der Waals surface area contributed by atoms with Gasteiger partial charge in [-0.2, -0.15) is 0 Å². The van der Waals surface area contributed by atoms with Gasteiger partial charge in [0.15, 0.2) is 6.10 Å². The summed E-state index contributed by atoms with van der Waals surface area (Å²) in [5.74, 6) is -3.77. The number of nitrogens with two attached hydrogens (primary N) is 1. The number of hydrogen-bond acceptors (Lipinski definition) is 18. The van der Waals surface area contributed by atoms with Crippen LogP contribution in [0.1, 0.15) is 132 Å². The fraction of sp³-hybridized carbons (Fsp3) is 0.646. The zero-order valence-corrected chi connectivity index (χ0v) is 54.3. The molecule has 4 aliphatic rings. The lowest BCUT2D eigenvalue weighted by atomic mass is 9.88. The number of rotatable bonds is 30. The zero-order chi connectivity index (χ0) is 67.2. The number of nitrogens with zero attached hydrogens (tertiary/aromatic N) is 4. The van der Waals surface area contributed by atoms with Gasteiger partial charge in [-0.1, -0.05) is 77.5 Å². The highest BCUT2D eigenvalue weighted by Gasteiger charge is 2.47. The molecule has 2 fully saturated rings. The number of primary amides is 1. The number of allylic oxidation sites excluding steroid dienone is 2. The van der Waals surface area contributed by atoms with Gasteiger partial charge in [0, 0.05) is 102 Å². The van der Waals surface area contributed by atoms with Crippen molar-refractivity contribution in [2.24, 2.45) is 23.5 Å². The van der Waals surface area contributed by atoms with E-state index < -0.39 is 89.6 Å². The van der Waals surface area contributed by atoms with Gasteiger partial charge in [-0.25, -0.2) is 14.4 Å². The highest BCUT2D eigenvalue weighted by molar-refractivity contribution is 6.12. The van der Waals surface area contributed by atoms with Crippen LogP contribution in [0.2, 0.25) is 0 Å². The lowest BCUT2D eigenvalue weighted by Gasteiger charge is -2.37. The van der Waals surface area contributed by atoms with Crippen LogP contribution in [-0.2, 0) is 54.3 Å². The lowest BCUT2D eigenvalue weighted by molar-refractivity contribution is -0.151. The van der Waals surface area contributed by atoms with Crippen LogP contribution in [0, 0.1) is 17.8 Å². The van der Waals surface area contributed by atoms with E-state index in [2.05, 4.69) is 26.2 Å². The van der Waals surface area contributed by atoms with Gasteiger partial charge in [-0.15, -0.1) is 0 Å². The number of hydrogen-bond donors (Lipinski definition) is 9. The molecule has 5 rings (SSSR count). The van der Waals surface area contributed by atoms with Crippen molar-refractivity contribution < 1.29 is 82.5 Å². The Morgan fingerprint density at radius 2 is 1.63 bits per heavy atom. The topological polar surface area (TPSA) is 362 Å². The summed E-state index contributed by atoms with van der Waals surface area (Å²) in [7, 11) is 1.61. The summed E-state index contributed by atoms with van der Waals surface area (Å²) >= 11 is 0. The van der Waals surface area contributed by atoms with E-state index in [0.29, 0.717) is 88.2 Å². The normalized spacial score (nSPS) is 24.8. The van der Waals surface area contributed by atoms with Gasteiger partial charge in [0.05, 0.1) is 36.4 Å². The molecule has 26 nitrogen and oxygen atoms in total. The molecule has 0 bridgehead atoms. The van der Waals surface area contributed by atoms with E-state index in [1.54, 1.807) is 94.3 Å². The molecule has 1 aromatic carbocycles. The van der Waals surface area contributed by atoms with Crippen LogP contribution < -0.4 is 27.0 Å². The van der Waals surface area contributed by atoms with Crippen molar-refractivity contribution in [3.05, 3.63) is 77.9 Å². The van der Waals surface area contributed by atoms with Crippen LogP contribution in [0.4, 0.5) is 20.1 Å². The molecule has 9 amide bonds. The van der Waals surface area contributed by atoms with Gasteiger partial charge >= 0.3 is 24.2 Å². The van der Waals surface area contributed by atoms with Crippen LogP contribution >= 0.6 is 0 Å². The Hall–Kier alpha value is -7.23. The fourth-order valence-corrected chi connectivity index (χ4v) is 10.9. The number of epoxide rings is 1. The summed E-state index contributed by atoms with van der Waals surface area (Å²) in [5.41, 5.74) is 4.02. The van der Waals surface area contributed by atoms with Gasteiger partial charge in [0.2, 0.25) is 17.7 Å². The molecule has 4 heterocycles. The van der Waals surface area contributed by atoms with E-state index in [-0.39, 0.29) is 100.0 Å². The lowest BCUT2D eigenvalue weighted by Crippen LogP contribution is -2.54. The van der Waals surface area contributed by atoms with E-state index in [9.17, 15) is 63.6 Å². The Morgan fingerprint density at radius 1 is 0.945 bits per heavy atom. The number of likely N-dealkylation sites (N-methyl/N-ethyl adjacent to an activating group) is 1. The number of ether oxygens (including phenoxy) is 4. The number of benzene rings is 1. The molecular weight excluding hydrogens is 1180 g/mol. The van der Waals surface area contributed by atoms with E-state index in [1.165, 1.54) is 24.0 Å². The number of aliphatic hydroxyl groups is 4. The van der Waals surface area contributed by atoms with Crippen molar-refractivity contribution in [2.45, 2.75) is 193 Å². The molecule has 0 unspecified atom stereocenters. The third-order valence-corrected chi connectivity index (χ3v) is 16.9. The third-order valence-electron chi connectivity index (χ3n) is 16.9. The maximum atomic E-state index is 13.8. The summed E-state index contributed by atoms with van der Waals surface area (Å²) in [5, 5.41) is 54.8. The first-order chi connectivity index (χ1) is 43.0. The minimum atomic E-state index is -1.63. The van der Waals surface area contributed by atoms with Crippen molar-refractivity contribution >= 4 is 59.4 Å². The number of nitrogens with one attached hydrogen (secondary N) is 4. The SMILES string of the molecule is CC[C@H](O)[C@@H](C)[C@H]1O[C@@H]1C[C@@](C)(O)/C=C/C=C(\C)[C@H]1OC(=O)C[C@H](O)CC[C@@](C)(O)[C@@H](OC(=O)N2CCN(CCN(C)C(=O)OCc3ccc(NC(=O)[C@H](CCCNC(N)=O)NC(=O)[C@@H](NC(=O)CCCCCN4C(=O)C=CC4=O)C(C)C)cc3)CC2)/C=C/[C@@H]1C. The highest BCUT2D eigenvalue weighted by atomic mass is 16.6. The van der Waals surface area contributed by atoms with Crippen LogP contribution in [0.25, 0.3) is 0 Å². The minimum absolute atomic E-state index is 0.00454. The van der Waals surface area contributed by atoms with Crippen molar-refractivity contribution in [3.63, 3.8) is 0 Å². The summed E-state index contributed by atoms with van der Waals surface area (Å²) in [4.78, 5) is 121. The fourth-order valence-electron chi connectivity index (χ4n) is 10.9. The van der Waals surface area contributed by atoms with Crippen molar-refractivity contribution in [3.8, 4) is 0 Å². The summed E-state index contributed by atoms with van der Waals surface area (Å²) in [6.07, 6.45) is 8.36. The number of imide groups is 1. The molecule has 4 aliphatic heterocycles. The molecule has 506 valence electrons. The van der Waals surface area contributed by atoms with E-state index in [4.69, 9.17) is 24.7 Å². The predicted octanol–water partition coefficient (Wildman–Crippen LogP) is 4.09. The van der Waals surface area contributed by atoms with Gasteiger partial charge in [0.25, 0.3) is 11.8 Å². The van der Waals surface area contributed by atoms with Crippen LogP contribution in [0.3, 0.4) is 0 Å². The van der Waals surface area contributed by atoms with E-state index in [0.717, 1.165) is 4.90 Å². The molecule has 26 heteroatoms. The Labute approximate surface area is 534 Å². The average molecular weight is 1280 g/mol. The van der Waals surface area contributed by atoms with Gasteiger partial charge in [-0.05, 0) is 101 Å². The molecule has 0 aliphatic carbocycles. The largest absolute Gasteiger partial charge is 0.457 e. The molecule has 1 aromatic rings. The van der Waals surface area contributed by atoms with Crippen LogP contribution in [-0.4, -0.2) is 213 Å². The number of esters is 1. The van der Waals surface area contributed by atoms with Crippen molar-refractivity contribution in [1.29, 1.82) is 0 Å². The van der Waals surface area contributed by atoms with Crippen molar-refractivity contribution in [2.75, 3.05) is 64.7 Å². The summed E-state index contributed by atoms with van der Waals surface area (Å²) < 4.78 is 23.3.